The van der Waals surface area contributed by atoms with E-state index < -0.39 is 0 Å². The highest BCUT2D eigenvalue weighted by atomic mass is 16.5. The molecule has 0 spiro atoms. The standard InChI is InChI=1S/C20H26O2/c1-20-9-4-5-17(20)15-7-6-13-11-14(21-2)12-18(22-3)19(13)16(15)8-10-20/h4,9,11-12,15-17H,5-8,10H2,1-3H3/t15-,16-,17-,20-/m0/s1. The average molecular weight is 298 g/mol. The van der Waals surface area contributed by atoms with Crippen LogP contribution in [-0.2, 0) is 6.42 Å². The Labute approximate surface area is 133 Å². The van der Waals surface area contributed by atoms with E-state index in [9.17, 15) is 0 Å². The Morgan fingerprint density at radius 1 is 1.14 bits per heavy atom. The Morgan fingerprint density at radius 3 is 2.77 bits per heavy atom. The van der Waals surface area contributed by atoms with E-state index in [1.807, 2.05) is 0 Å². The van der Waals surface area contributed by atoms with Gasteiger partial charge in [-0.05, 0) is 66.9 Å². The Balaban J connectivity index is 1.76. The summed E-state index contributed by atoms with van der Waals surface area (Å²) in [5, 5.41) is 0. The number of ether oxygens (including phenoxy) is 2. The third kappa shape index (κ3) is 1.92. The van der Waals surface area contributed by atoms with Crippen molar-refractivity contribution in [2.24, 2.45) is 17.3 Å². The maximum Gasteiger partial charge on any atom is 0.126 e. The van der Waals surface area contributed by atoms with Crippen LogP contribution in [-0.4, -0.2) is 14.2 Å². The molecule has 1 aromatic rings. The fraction of sp³-hybridized carbons (Fsp3) is 0.600. The first-order valence-corrected chi connectivity index (χ1v) is 8.59. The van der Waals surface area contributed by atoms with Crippen LogP contribution in [0.15, 0.2) is 24.3 Å². The van der Waals surface area contributed by atoms with Gasteiger partial charge in [0.15, 0.2) is 0 Å². The van der Waals surface area contributed by atoms with Crippen LogP contribution < -0.4 is 9.47 Å². The molecule has 0 heterocycles. The van der Waals surface area contributed by atoms with Crippen LogP contribution in [0.4, 0.5) is 0 Å². The molecule has 4 atom stereocenters. The second-order valence-electron chi connectivity index (χ2n) is 7.50. The molecule has 118 valence electrons. The number of hydrogen-bond acceptors (Lipinski definition) is 2. The van der Waals surface area contributed by atoms with E-state index in [4.69, 9.17) is 9.47 Å². The van der Waals surface area contributed by atoms with Crippen molar-refractivity contribution in [3.63, 3.8) is 0 Å². The minimum absolute atomic E-state index is 0.443. The van der Waals surface area contributed by atoms with Crippen LogP contribution >= 0.6 is 0 Å². The topological polar surface area (TPSA) is 18.5 Å². The number of allylic oxidation sites excluding steroid dienone is 2. The number of aryl methyl sites for hydroxylation is 1. The Kier molecular flexibility index (Phi) is 3.25. The van der Waals surface area contributed by atoms with Gasteiger partial charge in [-0.15, -0.1) is 0 Å². The summed E-state index contributed by atoms with van der Waals surface area (Å²) in [7, 11) is 3.53. The lowest BCUT2D eigenvalue weighted by molar-refractivity contribution is 0.0813. The normalized spacial score (nSPS) is 35.5. The van der Waals surface area contributed by atoms with Crippen LogP contribution in [0.2, 0.25) is 0 Å². The molecule has 3 aliphatic carbocycles. The molecule has 2 nitrogen and oxygen atoms in total. The molecule has 3 aliphatic rings. The predicted octanol–water partition coefficient (Wildman–Crippen LogP) is 4.73. The minimum Gasteiger partial charge on any atom is -0.497 e. The molecule has 0 bridgehead atoms. The third-order valence-corrected chi connectivity index (χ3v) is 6.54. The lowest BCUT2D eigenvalue weighted by atomic mass is 9.55. The van der Waals surface area contributed by atoms with E-state index in [1.165, 1.54) is 36.8 Å². The zero-order valence-corrected chi connectivity index (χ0v) is 13.9. The van der Waals surface area contributed by atoms with Gasteiger partial charge in [-0.1, -0.05) is 19.1 Å². The van der Waals surface area contributed by atoms with Gasteiger partial charge >= 0.3 is 0 Å². The summed E-state index contributed by atoms with van der Waals surface area (Å²) in [6.07, 6.45) is 11.3. The summed E-state index contributed by atoms with van der Waals surface area (Å²) in [5.74, 6) is 4.27. The Hall–Kier alpha value is -1.44. The van der Waals surface area contributed by atoms with Crippen LogP contribution in [0, 0.1) is 17.3 Å². The first-order valence-electron chi connectivity index (χ1n) is 8.59. The summed E-state index contributed by atoms with van der Waals surface area (Å²) in [4.78, 5) is 0. The molecule has 1 aromatic carbocycles. The highest BCUT2D eigenvalue weighted by Crippen LogP contribution is 2.59. The molecule has 2 heteroatoms. The second-order valence-corrected chi connectivity index (χ2v) is 7.50. The molecule has 4 rings (SSSR count). The fourth-order valence-corrected chi connectivity index (χ4v) is 5.42. The molecule has 1 fully saturated rings. The molecule has 22 heavy (non-hydrogen) atoms. The Bertz CT molecular complexity index is 601. The summed E-state index contributed by atoms with van der Waals surface area (Å²) in [6, 6.07) is 4.30. The van der Waals surface area contributed by atoms with E-state index in [2.05, 4.69) is 31.2 Å². The van der Waals surface area contributed by atoms with Crippen molar-refractivity contribution in [1.82, 2.24) is 0 Å². The maximum absolute atomic E-state index is 5.74. The van der Waals surface area contributed by atoms with E-state index in [0.717, 1.165) is 29.8 Å². The van der Waals surface area contributed by atoms with Crippen LogP contribution in [0.1, 0.15) is 49.7 Å². The molecule has 0 radical (unpaired) electrons. The number of rotatable bonds is 2. The summed E-state index contributed by atoms with van der Waals surface area (Å²) in [6.45, 7) is 2.47. The van der Waals surface area contributed by atoms with Gasteiger partial charge in [0.1, 0.15) is 11.5 Å². The van der Waals surface area contributed by atoms with E-state index >= 15 is 0 Å². The smallest absolute Gasteiger partial charge is 0.126 e. The molecule has 0 aromatic heterocycles. The zero-order valence-electron chi connectivity index (χ0n) is 13.9. The largest absolute Gasteiger partial charge is 0.497 e. The van der Waals surface area contributed by atoms with Gasteiger partial charge in [-0.25, -0.2) is 0 Å². The van der Waals surface area contributed by atoms with Gasteiger partial charge in [0, 0.05) is 11.6 Å². The monoisotopic (exact) mass is 298 g/mol. The number of fused-ring (bicyclic) bond motifs is 5. The second kappa shape index (κ2) is 5.04. The van der Waals surface area contributed by atoms with E-state index in [1.54, 1.807) is 14.2 Å². The van der Waals surface area contributed by atoms with E-state index in [-0.39, 0.29) is 0 Å². The van der Waals surface area contributed by atoms with Gasteiger partial charge in [-0.3, -0.25) is 0 Å². The fourth-order valence-electron chi connectivity index (χ4n) is 5.42. The minimum atomic E-state index is 0.443. The van der Waals surface area contributed by atoms with Crippen molar-refractivity contribution in [1.29, 1.82) is 0 Å². The molecular weight excluding hydrogens is 272 g/mol. The highest BCUT2D eigenvalue weighted by Gasteiger charge is 2.49. The predicted molar refractivity (Wildman–Crippen MR) is 88.7 cm³/mol. The maximum atomic E-state index is 5.74. The van der Waals surface area contributed by atoms with Crippen molar-refractivity contribution >= 4 is 0 Å². The first kappa shape index (κ1) is 14.2. The Morgan fingerprint density at radius 2 is 2.00 bits per heavy atom. The van der Waals surface area contributed by atoms with Crippen molar-refractivity contribution in [3.05, 3.63) is 35.4 Å². The van der Waals surface area contributed by atoms with Crippen molar-refractivity contribution in [2.75, 3.05) is 14.2 Å². The van der Waals surface area contributed by atoms with Crippen LogP contribution in [0.3, 0.4) is 0 Å². The number of methoxy groups -OCH3 is 2. The molecule has 0 N–H and O–H groups in total. The number of hydrogen-bond donors (Lipinski definition) is 0. The molecular formula is C20H26O2. The van der Waals surface area contributed by atoms with E-state index in [0.29, 0.717) is 11.3 Å². The summed E-state index contributed by atoms with van der Waals surface area (Å²) >= 11 is 0. The SMILES string of the molecule is COc1cc2c(c(OC)c1)[C@H]1CC[C@]3(C)C=CC[C@H]3[C@H]1CC2. The van der Waals surface area contributed by atoms with Crippen LogP contribution in [0.25, 0.3) is 0 Å². The highest BCUT2D eigenvalue weighted by molar-refractivity contribution is 5.50. The third-order valence-electron chi connectivity index (χ3n) is 6.54. The average Bonchev–Trinajstić information content (AvgIpc) is 2.95. The van der Waals surface area contributed by atoms with Gasteiger partial charge in [-0.2, -0.15) is 0 Å². The molecule has 0 unspecified atom stereocenters. The van der Waals surface area contributed by atoms with Gasteiger partial charge in [0.05, 0.1) is 14.2 Å². The molecule has 0 saturated heterocycles. The van der Waals surface area contributed by atoms with Crippen molar-refractivity contribution in [2.45, 2.75) is 44.9 Å². The first-order chi connectivity index (χ1) is 10.7. The summed E-state index contributed by atoms with van der Waals surface area (Å²) in [5.41, 5.74) is 3.37. The molecule has 1 saturated carbocycles. The number of benzene rings is 1. The van der Waals surface area contributed by atoms with Crippen molar-refractivity contribution < 1.29 is 9.47 Å². The lowest BCUT2D eigenvalue weighted by Gasteiger charge is -2.49. The van der Waals surface area contributed by atoms with Gasteiger partial charge in [0.2, 0.25) is 0 Å². The van der Waals surface area contributed by atoms with Crippen LogP contribution in [0.5, 0.6) is 11.5 Å². The summed E-state index contributed by atoms with van der Waals surface area (Å²) < 4.78 is 11.2. The quantitative estimate of drug-likeness (QED) is 0.735. The van der Waals surface area contributed by atoms with Gasteiger partial charge in [0.25, 0.3) is 0 Å². The van der Waals surface area contributed by atoms with Gasteiger partial charge < -0.3 is 9.47 Å². The molecule has 0 amide bonds. The van der Waals surface area contributed by atoms with Crippen molar-refractivity contribution in [3.8, 4) is 11.5 Å². The lowest BCUT2D eigenvalue weighted by Crippen LogP contribution is -2.39. The zero-order chi connectivity index (χ0) is 15.3. The molecule has 0 aliphatic heterocycles.